The highest BCUT2D eigenvalue weighted by atomic mass is 15.0. The largest absolute Gasteiger partial charge is 0.383 e. The SMILES string of the molecule is Cc1c(N)ncnc1NC(C)C. The van der Waals surface area contributed by atoms with Crippen LogP contribution in [0.4, 0.5) is 11.6 Å². The molecule has 0 aromatic carbocycles. The number of hydrogen-bond donors (Lipinski definition) is 2. The molecule has 0 aliphatic heterocycles. The van der Waals surface area contributed by atoms with Crippen LogP contribution in [0, 0.1) is 6.92 Å². The molecule has 1 heterocycles. The maximum atomic E-state index is 5.61. The molecular weight excluding hydrogens is 152 g/mol. The average Bonchev–Trinajstić information content (AvgIpc) is 1.98. The van der Waals surface area contributed by atoms with Crippen molar-refractivity contribution in [3.8, 4) is 0 Å². The molecule has 0 radical (unpaired) electrons. The van der Waals surface area contributed by atoms with Gasteiger partial charge in [-0.15, -0.1) is 0 Å². The molecule has 0 unspecified atom stereocenters. The molecule has 4 heteroatoms. The fraction of sp³-hybridized carbons (Fsp3) is 0.500. The topological polar surface area (TPSA) is 63.8 Å². The summed E-state index contributed by atoms with van der Waals surface area (Å²) in [7, 11) is 0. The zero-order valence-electron chi connectivity index (χ0n) is 7.63. The van der Waals surface area contributed by atoms with E-state index in [1.165, 1.54) is 6.33 Å². The number of nitrogens with one attached hydrogen (secondary N) is 1. The number of hydrogen-bond acceptors (Lipinski definition) is 4. The molecule has 0 amide bonds. The molecule has 0 fully saturated rings. The van der Waals surface area contributed by atoms with Crippen molar-refractivity contribution in [2.75, 3.05) is 11.1 Å². The third kappa shape index (κ3) is 1.84. The minimum absolute atomic E-state index is 0.359. The molecule has 0 saturated carbocycles. The van der Waals surface area contributed by atoms with E-state index in [2.05, 4.69) is 29.1 Å². The molecule has 1 rings (SSSR count). The summed E-state index contributed by atoms with van der Waals surface area (Å²) in [5.74, 6) is 1.35. The Labute approximate surface area is 72.2 Å². The summed E-state index contributed by atoms with van der Waals surface area (Å²) in [4.78, 5) is 7.95. The Balaban J connectivity index is 2.92. The quantitative estimate of drug-likeness (QED) is 0.692. The van der Waals surface area contributed by atoms with E-state index in [1.54, 1.807) is 0 Å². The van der Waals surface area contributed by atoms with Crippen LogP contribution in [0.25, 0.3) is 0 Å². The Kier molecular flexibility index (Phi) is 2.47. The normalized spacial score (nSPS) is 10.3. The zero-order valence-corrected chi connectivity index (χ0v) is 7.63. The van der Waals surface area contributed by atoms with Crippen molar-refractivity contribution in [1.29, 1.82) is 0 Å². The molecule has 0 aliphatic rings. The lowest BCUT2D eigenvalue weighted by Gasteiger charge is -2.11. The van der Waals surface area contributed by atoms with E-state index in [0.717, 1.165) is 11.4 Å². The Morgan fingerprint density at radius 3 is 2.67 bits per heavy atom. The van der Waals surface area contributed by atoms with E-state index in [9.17, 15) is 0 Å². The number of anilines is 2. The molecule has 0 bridgehead atoms. The molecule has 1 aromatic heterocycles. The van der Waals surface area contributed by atoms with Gasteiger partial charge >= 0.3 is 0 Å². The molecule has 12 heavy (non-hydrogen) atoms. The number of nitrogens with two attached hydrogens (primary N) is 1. The van der Waals surface area contributed by atoms with E-state index >= 15 is 0 Å². The standard InChI is InChI=1S/C8H14N4/c1-5(2)12-8-6(3)7(9)10-4-11-8/h4-5H,1-3H3,(H3,9,10,11,12). The predicted molar refractivity (Wildman–Crippen MR) is 49.9 cm³/mol. The lowest BCUT2D eigenvalue weighted by molar-refractivity contribution is 0.883. The van der Waals surface area contributed by atoms with Crippen LogP contribution in [0.2, 0.25) is 0 Å². The summed E-state index contributed by atoms with van der Waals surface area (Å²) < 4.78 is 0. The van der Waals surface area contributed by atoms with E-state index in [4.69, 9.17) is 5.73 Å². The minimum Gasteiger partial charge on any atom is -0.383 e. The summed E-state index contributed by atoms with van der Waals surface area (Å²) in [5, 5.41) is 3.18. The van der Waals surface area contributed by atoms with Gasteiger partial charge in [0.15, 0.2) is 0 Å². The van der Waals surface area contributed by atoms with Crippen molar-refractivity contribution in [2.24, 2.45) is 0 Å². The molecular formula is C8H14N4. The van der Waals surface area contributed by atoms with Gasteiger partial charge in [-0.05, 0) is 20.8 Å². The summed E-state index contributed by atoms with van der Waals surface area (Å²) in [5.41, 5.74) is 6.51. The van der Waals surface area contributed by atoms with Crippen LogP contribution < -0.4 is 11.1 Å². The van der Waals surface area contributed by atoms with Crippen molar-refractivity contribution in [3.63, 3.8) is 0 Å². The monoisotopic (exact) mass is 166 g/mol. The van der Waals surface area contributed by atoms with Crippen LogP contribution >= 0.6 is 0 Å². The number of aromatic nitrogens is 2. The zero-order chi connectivity index (χ0) is 9.14. The Hall–Kier alpha value is -1.32. The summed E-state index contributed by atoms with van der Waals surface area (Å²) in [6.07, 6.45) is 1.47. The minimum atomic E-state index is 0.359. The Bertz CT molecular complexity index is 270. The van der Waals surface area contributed by atoms with Gasteiger partial charge in [-0.1, -0.05) is 0 Å². The van der Waals surface area contributed by atoms with E-state index in [-0.39, 0.29) is 0 Å². The smallest absolute Gasteiger partial charge is 0.134 e. The molecule has 66 valence electrons. The number of nitrogen functional groups attached to an aromatic ring is 1. The maximum Gasteiger partial charge on any atom is 0.134 e. The highest BCUT2D eigenvalue weighted by Crippen LogP contribution is 2.15. The van der Waals surface area contributed by atoms with Crippen LogP contribution in [0.3, 0.4) is 0 Å². The molecule has 0 atom stereocenters. The van der Waals surface area contributed by atoms with Crippen LogP contribution in [-0.2, 0) is 0 Å². The van der Waals surface area contributed by atoms with Gasteiger partial charge in [0.05, 0.1) is 0 Å². The van der Waals surface area contributed by atoms with Crippen LogP contribution in [0.5, 0.6) is 0 Å². The third-order valence-corrected chi connectivity index (χ3v) is 1.55. The van der Waals surface area contributed by atoms with Gasteiger partial charge in [0.2, 0.25) is 0 Å². The van der Waals surface area contributed by atoms with Gasteiger partial charge in [-0.2, -0.15) is 0 Å². The summed E-state index contributed by atoms with van der Waals surface area (Å²) >= 11 is 0. The van der Waals surface area contributed by atoms with Crippen LogP contribution in [-0.4, -0.2) is 16.0 Å². The number of nitrogens with zero attached hydrogens (tertiary/aromatic N) is 2. The molecule has 0 saturated heterocycles. The average molecular weight is 166 g/mol. The highest BCUT2D eigenvalue weighted by molar-refractivity contribution is 5.53. The summed E-state index contributed by atoms with van der Waals surface area (Å²) in [6, 6.07) is 0.359. The Morgan fingerprint density at radius 2 is 2.08 bits per heavy atom. The third-order valence-electron chi connectivity index (χ3n) is 1.55. The molecule has 1 aromatic rings. The molecule has 3 N–H and O–H groups in total. The van der Waals surface area contributed by atoms with E-state index in [0.29, 0.717) is 11.9 Å². The predicted octanol–water partition coefficient (Wildman–Crippen LogP) is 1.19. The van der Waals surface area contributed by atoms with E-state index in [1.807, 2.05) is 6.92 Å². The second-order valence-electron chi connectivity index (χ2n) is 3.03. The first kappa shape index (κ1) is 8.77. The second kappa shape index (κ2) is 3.38. The molecule has 0 spiro atoms. The van der Waals surface area contributed by atoms with Crippen LogP contribution in [0.1, 0.15) is 19.4 Å². The highest BCUT2D eigenvalue weighted by Gasteiger charge is 2.03. The second-order valence-corrected chi connectivity index (χ2v) is 3.03. The first-order valence-corrected chi connectivity index (χ1v) is 3.95. The fourth-order valence-corrected chi connectivity index (χ4v) is 0.883. The fourth-order valence-electron chi connectivity index (χ4n) is 0.883. The first-order chi connectivity index (χ1) is 5.61. The van der Waals surface area contributed by atoms with Gasteiger partial charge in [-0.3, -0.25) is 0 Å². The van der Waals surface area contributed by atoms with Crippen molar-refractivity contribution in [1.82, 2.24) is 9.97 Å². The van der Waals surface area contributed by atoms with Gasteiger partial charge in [-0.25, -0.2) is 9.97 Å². The maximum absolute atomic E-state index is 5.61. The lowest BCUT2D eigenvalue weighted by atomic mass is 10.3. The van der Waals surface area contributed by atoms with Gasteiger partial charge < -0.3 is 11.1 Å². The first-order valence-electron chi connectivity index (χ1n) is 3.95. The van der Waals surface area contributed by atoms with Crippen molar-refractivity contribution in [2.45, 2.75) is 26.8 Å². The van der Waals surface area contributed by atoms with Gasteiger partial charge in [0.1, 0.15) is 18.0 Å². The molecule has 0 aliphatic carbocycles. The Morgan fingerprint density at radius 1 is 1.42 bits per heavy atom. The van der Waals surface area contributed by atoms with Crippen LogP contribution in [0.15, 0.2) is 6.33 Å². The van der Waals surface area contributed by atoms with Crippen molar-refractivity contribution in [3.05, 3.63) is 11.9 Å². The van der Waals surface area contributed by atoms with Gasteiger partial charge in [0.25, 0.3) is 0 Å². The van der Waals surface area contributed by atoms with Crippen molar-refractivity contribution >= 4 is 11.6 Å². The molecule has 4 nitrogen and oxygen atoms in total. The number of rotatable bonds is 2. The summed E-state index contributed by atoms with van der Waals surface area (Å²) in [6.45, 7) is 6.01. The van der Waals surface area contributed by atoms with Crippen molar-refractivity contribution < 1.29 is 0 Å². The van der Waals surface area contributed by atoms with E-state index < -0.39 is 0 Å². The lowest BCUT2D eigenvalue weighted by Crippen LogP contribution is -2.13. The van der Waals surface area contributed by atoms with Gasteiger partial charge in [0, 0.05) is 11.6 Å².